The Hall–Kier alpha value is -2.14. The lowest BCUT2D eigenvalue weighted by Gasteiger charge is -2.25. The third-order valence-electron chi connectivity index (χ3n) is 3.51. The Kier molecular flexibility index (Phi) is 3.78. The number of carbonyl (C=O) groups is 1. The summed E-state index contributed by atoms with van der Waals surface area (Å²) in [6.07, 6.45) is 3.72. The zero-order valence-corrected chi connectivity index (χ0v) is 11.2. The number of hydrogen-bond donors (Lipinski definition) is 2. The highest BCUT2D eigenvalue weighted by atomic mass is 16.2. The molecule has 2 aromatic rings. The van der Waals surface area contributed by atoms with Crippen molar-refractivity contribution in [2.45, 2.75) is 13.1 Å². The highest BCUT2D eigenvalue weighted by molar-refractivity contribution is 5.79. The number of hydrogen-bond acceptors (Lipinski definition) is 3. The highest BCUT2D eigenvalue weighted by Crippen LogP contribution is 2.08. The summed E-state index contributed by atoms with van der Waals surface area (Å²) in [7, 11) is 0. The molecule has 104 valence electrons. The largest absolute Gasteiger partial charge is 0.352 e. The van der Waals surface area contributed by atoms with Gasteiger partial charge in [0, 0.05) is 32.0 Å². The van der Waals surface area contributed by atoms with Crippen LogP contribution in [0.2, 0.25) is 0 Å². The van der Waals surface area contributed by atoms with Crippen molar-refractivity contribution < 1.29 is 4.79 Å². The van der Waals surface area contributed by atoms with Gasteiger partial charge in [0.15, 0.2) is 0 Å². The molecule has 3 rings (SSSR count). The van der Waals surface area contributed by atoms with Gasteiger partial charge in [0.25, 0.3) is 0 Å². The first-order chi connectivity index (χ1) is 9.81. The Balaban J connectivity index is 1.57. The fraction of sp³-hybridized carbons (Fsp3) is 0.333. The summed E-state index contributed by atoms with van der Waals surface area (Å²) in [4.78, 5) is 11.8. The highest BCUT2D eigenvalue weighted by Gasteiger charge is 2.24. The van der Waals surface area contributed by atoms with E-state index in [0.717, 1.165) is 25.2 Å². The van der Waals surface area contributed by atoms with Gasteiger partial charge in [0.05, 0.1) is 12.5 Å². The summed E-state index contributed by atoms with van der Waals surface area (Å²) in [5, 5.41) is 10.3. The molecular formula is C15H18N4O. The third-order valence-corrected chi connectivity index (χ3v) is 3.51. The summed E-state index contributed by atoms with van der Waals surface area (Å²) >= 11 is 0. The van der Waals surface area contributed by atoms with Gasteiger partial charge >= 0.3 is 0 Å². The SMILES string of the molecule is O=C(NCc1cccc(Cn2cccn2)c1)C1CNC1. The van der Waals surface area contributed by atoms with E-state index in [4.69, 9.17) is 0 Å². The maximum absolute atomic E-state index is 11.8. The molecule has 1 aliphatic rings. The smallest absolute Gasteiger partial charge is 0.225 e. The van der Waals surface area contributed by atoms with Crippen molar-refractivity contribution in [3.8, 4) is 0 Å². The van der Waals surface area contributed by atoms with E-state index in [0.29, 0.717) is 6.54 Å². The van der Waals surface area contributed by atoms with Crippen molar-refractivity contribution in [2.24, 2.45) is 5.92 Å². The van der Waals surface area contributed by atoms with E-state index in [1.165, 1.54) is 5.56 Å². The Morgan fingerprint density at radius 3 is 2.90 bits per heavy atom. The van der Waals surface area contributed by atoms with Gasteiger partial charge in [-0.1, -0.05) is 24.3 Å². The Bertz CT molecular complexity index is 575. The maximum atomic E-state index is 11.8. The van der Waals surface area contributed by atoms with Crippen LogP contribution in [-0.2, 0) is 17.9 Å². The second-order valence-electron chi connectivity index (χ2n) is 5.10. The molecule has 5 nitrogen and oxygen atoms in total. The minimum Gasteiger partial charge on any atom is -0.352 e. The molecular weight excluding hydrogens is 252 g/mol. The van der Waals surface area contributed by atoms with Crippen molar-refractivity contribution in [3.63, 3.8) is 0 Å². The monoisotopic (exact) mass is 270 g/mol. The quantitative estimate of drug-likeness (QED) is 0.843. The first-order valence-corrected chi connectivity index (χ1v) is 6.85. The van der Waals surface area contributed by atoms with Gasteiger partial charge < -0.3 is 10.6 Å². The van der Waals surface area contributed by atoms with E-state index in [9.17, 15) is 4.79 Å². The summed E-state index contributed by atoms with van der Waals surface area (Å²) < 4.78 is 1.89. The molecule has 1 saturated heterocycles. The zero-order valence-electron chi connectivity index (χ0n) is 11.2. The van der Waals surface area contributed by atoms with Crippen LogP contribution in [0.15, 0.2) is 42.7 Å². The Morgan fingerprint density at radius 1 is 1.35 bits per heavy atom. The molecule has 5 heteroatoms. The molecule has 0 atom stereocenters. The Labute approximate surface area is 118 Å². The lowest BCUT2D eigenvalue weighted by molar-refractivity contribution is -0.126. The van der Waals surface area contributed by atoms with Crippen molar-refractivity contribution in [2.75, 3.05) is 13.1 Å². The van der Waals surface area contributed by atoms with Crippen LogP contribution in [0.25, 0.3) is 0 Å². The van der Waals surface area contributed by atoms with E-state index < -0.39 is 0 Å². The molecule has 2 N–H and O–H groups in total. The van der Waals surface area contributed by atoms with E-state index in [1.54, 1.807) is 6.20 Å². The van der Waals surface area contributed by atoms with Gasteiger partial charge in [0.2, 0.25) is 5.91 Å². The predicted molar refractivity (Wildman–Crippen MR) is 76.0 cm³/mol. The van der Waals surface area contributed by atoms with E-state index in [2.05, 4.69) is 27.9 Å². The van der Waals surface area contributed by atoms with Crippen molar-refractivity contribution in [1.29, 1.82) is 0 Å². The summed E-state index contributed by atoms with van der Waals surface area (Å²) in [5.41, 5.74) is 2.31. The maximum Gasteiger partial charge on any atom is 0.225 e. The molecule has 0 saturated carbocycles. The van der Waals surface area contributed by atoms with Crippen molar-refractivity contribution in [1.82, 2.24) is 20.4 Å². The number of nitrogens with zero attached hydrogens (tertiary/aromatic N) is 2. The van der Waals surface area contributed by atoms with Gasteiger partial charge in [-0.15, -0.1) is 0 Å². The molecule has 0 unspecified atom stereocenters. The second kappa shape index (κ2) is 5.88. The molecule has 0 spiro atoms. The molecule has 1 fully saturated rings. The van der Waals surface area contributed by atoms with Crippen LogP contribution in [-0.4, -0.2) is 28.8 Å². The second-order valence-corrected chi connectivity index (χ2v) is 5.10. The summed E-state index contributed by atoms with van der Waals surface area (Å²) in [6.45, 7) is 2.93. The lowest BCUT2D eigenvalue weighted by Crippen LogP contribution is -2.50. The molecule has 0 aliphatic carbocycles. The fourth-order valence-electron chi connectivity index (χ4n) is 2.23. The number of amides is 1. The molecule has 20 heavy (non-hydrogen) atoms. The number of rotatable bonds is 5. The molecule has 1 aromatic carbocycles. The number of aromatic nitrogens is 2. The van der Waals surface area contributed by atoms with Gasteiger partial charge in [-0.2, -0.15) is 5.10 Å². The Morgan fingerprint density at radius 2 is 2.20 bits per heavy atom. The topological polar surface area (TPSA) is 59.0 Å². The average molecular weight is 270 g/mol. The molecule has 0 bridgehead atoms. The summed E-state index contributed by atoms with van der Waals surface area (Å²) in [5.74, 6) is 0.281. The molecule has 1 amide bonds. The van der Waals surface area contributed by atoms with Crippen LogP contribution in [0.5, 0.6) is 0 Å². The molecule has 0 radical (unpaired) electrons. The van der Waals surface area contributed by atoms with Crippen LogP contribution in [0.1, 0.15) is 11.1 Å². The van der Waals surface area contributed by atoms with Gasteiger partial charge in [-0.05, 0) is 17.2 Å². The third kappa shape index (κ3) is 3.05. The standard InChI is InChI=1S/C15H18N4O/c20-15(14-9-16-10-14)17-8-12-3-1-4-13(7-12)11-19-6-2-5-18-19/h1-7,14,16H,8-11H2,(H,17,20). The summed E-state index contributed by atoms with van der Waals surface area (Å²) in [6, 6.07) is 10.2. The van der Waals surface area contributed by atoms with E-state index in [-0.39, 0.29) is 11.8 Å². The van der Waals surface area contributed by atoms with Gasteiger partial charge in [0.1, 0.15) is 0 Å². The van der Waals surface area contributed by atoms with Crippen molar-refractivity contribution in [3.05, 3.63) is 53.9 Å². The van der Waals surface area contributed by atoms with Crippen LogP contribution in [0, 0.1) is 5.92 Å². The van der Waals surface area contributed by atoms with Crippen LogP contribution < -0.4 is 10.6 Å². The van der Waals surface area contributed by atoms with Crippen LogP contribution >= 0.6 is 0 Å². The number of benzene rings is 1. The first-order valence-electron chi connectivity index (χ1n) is 6.85. The minimum absolute atomic E-state index is 0.140. The van der Waals surface area contributed by atoms with Crippen LogP contribution in [0.3, 0.4) is 0 Å². The molecule has 1 aromatic heterocycles. The normalized spacial score (nSPS) is 14.8. The predicted octanol–water partition coefficient (Wildman–Crippen LogP) is 0.767. The first kappa shape index (κ1) is 12.9. The van der Waals surface area contributed by atoms with E-state index >= 15 is 0 Å². The van der Waals surface area contributed by atoms with E-state index in [1.807, 2.05) is 29.1 Å². The minimum atomic E-state index is 0.140. The van der Waals surface area contributed by atoms with Gasteiger partial charge in [-0.25, -0.2) is 0 Å². The van der Waals surface area contributed by atoms with Gasteiger partial charge in [-0.3, -0.25) is 9.48 Å². The number of carbonyl (C=O) groups excluding carboxylic acids is 1. The van der Waals surface area contributed by atoms with Crippen molar-refractivity contribution >= 4 is 5.91 Å². The molecule has 1 aliphatic heterocycles. The fourth-order valence-corrected chi connectivity index (χ4v) is 2.23. The molecule has 2 heterocycles. The van der Waals surface area contributed by atoms with Crippen LogP contribution in [0.4, 0.5) is 0 Å². The average Bonchev–Trinajstić information content (AvgIpc) is 2.88. The zero-order chi connectivity index (χ0) is 13.8. The number of nitrogens with one attached hydrogen (secondary N) is 2. The lowest BCUT2D eigenvalue weighted by atomic mass is 10.0.